The van der Waals surface area contributed by atoms with E-state index in [-0.39, 0.29) is 5.44 Å². The van der Waals surface area contributed by atoms with Gasteiger partial charge in [-0.25, -0.2) is 0 Å². The van der Waals surface area contributed by atoms with E-state index in [1.165, 1.54) is 0 Å². The van der Waals surface area contributed by atoms with Gasteiger partial charge in [0.05, 0.1) is 18.7 Å². The van der Waals surface area contributed by atoms with Gasteiger partial charge in [-0.15, -0.1) is 0 Å². The summed E-state index contributed by atoms with van der Waals surface area (Å²) in [6, 6.07) is 5.78. The van der Waals surface area contributed by atoms with E-state index >= 15 is 0 Å². The SMILES string of the molecule is COc1ccc(SC2CNCCO2)cc1Cl. The Bertz CT molecular complexity index is 356. The molecular weight excluding hydrogens is 246 g/mol. The van der Waals surface area contributed by atoms with Gasteiger partial charge in [-0.1, -0.05) is 23.4 Å². The molecule has 1 N–H and O–H groups in total. The normalized spacial score (nSPS) is 20.8. The van der Waals surface area contributed by atoms with Gasteiger partial charge in [0, 0.05) is 18.0 Å². The molecule has 1 fully saturated rings. The zero-order valence-corrected chi connectivity index (χ0v) is 10.6. The van der Waals surface area contributed by atoms with Crippen LogP contribution in [0.4, 0.5) is 0 Å². The van der Waals surface area contributed by atoms with Crippen LogP contribution in [0.25, 0.3) is 0 Å². The number of ether oxygens (including phenoxy) is 2. The number of benzene rings is 1. The number of hydrogen-bond acceptors (Lipinski definition) is 4. The van der Waals surface area contributed by atoms with Gasteiger partial charge in [0.1, 0.15) is 11.2 Å². The van der Waals surface area contributed by atoms with E-state index in [4.69, 9.17) is 21.1 Å². The van der Waals surface area contributed by atoms with Crippen LogP contribution >= 0.6 is 23.4 Å². The van der Waals surface area contributed by atoms with Crippen LogP contribution in [0.1, 0.15) is 0 Å². The Kier molecular flexibility index (Phi) is 4.35. The van der Waals surface area contributed by atoms with E-state index in [0.29, 0.717) is 10.8 Å². The second kappa shape index (κ2) is 5.77. The van der Waals surface area contributed by atoms with Crippen molar-refractivity contribution in [3.05, 3.63) is 23.2 Å². The van der Waals surface area contributed by atoms with Crippen LogP contribution in [-0.2, 0) is 4.74 Å². The van der Waals surface area contributed by atoms with Gasteiger partial charge >= 0.3 is 0 Å². The van der Waals surface area contributed by atoms with Gasteiger partial charge in [0.25, 0.3) is 0 Å². The Morgan fingerprint density at radius 3 is 3.06 bits per heavy atom. The monoisotopic (exact) mass is 259 g/mol. The fraction of sp³-hybridized carbons (Fsp3) is 0.455. The maximum atomic E-state index is 6.05. The second-order valence-electron chi connectivity index (χ2n) is 3.42. The molecule has 0 aliphatic carbocycles. The summed E-state index contributed by atoms with van der Waals surface area (Å²) < 4.78 is 10.7. The highest BCUT2D eigenvalue weighted by molar-refractivity contribution is 7.99. The third kappa shape index (κ3) is 3.04. The average Bonchev–Trinajstić information content (AvgIpc) is 2.31. The van der Waals surface area contributed by atoms with Gasteiger partial charge < -0.3 is 14.8 Å². The zero-order chi connectivity index (χ0) is 11.4. The van der Waals surface area contributed by atoms with Crippen LogP contribution in [0.15, 0.2) is 23.1 Å². The molecular formula is C11H14ClNO2S. The number of halogens is 1. The predicted octanol–water partition coefficient (Wildman–Crippen LogP) is 2.39. The highest BCUT2D eigenvalue weighted by atomic mass is 35.5. The van der Waals surface area contributed by atoms with Crippen LogP contribution < -0.4 is 10.1 Å². The number of morpholine rings is 1. The molecule has 1 aromatic rings. The Morgan fingerprint density at radius 1 is 1.56 bits per heavy atom. The number of methoxy groups -OCH3 is 1. The van der Waals surface area contributed by atoms with E-state index in [1.54, 1.807) is 18.9 Å². The van der Waals surface area contributed by atoms with E-state index in [2.05, 4.69) is 5.32 Å². The quantitative estimate of drug-likeness (QED) is 0.903. The molecule has 0 saturated carbocycles. The largest absolute Gasteiger partial charge is 0.495 e. The lowest BCUT2D eigenvalue weighted by molar-refractivity contribution is 0.0853. The van der Waals surface area contributed by atoms with Gasteiger partial charge in [0.15, 0.2) is 0 Å². The first-order valence-electron chi connectivity index (χ1n) is 5.12. The molecule has 1 heterocycles. The van der Waals surface area contributed by atoms with Crippen LogP contribution in [-0.4, -0.2) is 32.2 Å². The minimum Gasteiger partial charge on any atom is -0.495 e. The second-order valence-corrected chi connectivity index (χ2v) is 5.06. The number of rotatable bonds is 3. The first-order valence-corrected chi connectivity index (χ1v) is 6.38. The van der Waals surface area contributed by atoms with Crippen molar-refractivity contribution in [3.63, 3.8) is 0 Å². The summed E-state index contributed by atoms with van der Waals surface area (Å²) in [5, 5.41) is 3.92. The third-order valence-corrected chi connectivity index (χ3v) is 3.67. The highest BCUT2D eigenvalue weighted by Gasteiger charge is 2.15. The Morgan fingerprint density at radius 2 is 2.44 bits per heavy atom. The lowest BCUT2D eigenvalue weighted by Gasteiger charge is -2.23. The van der Waals surface area contributed by atoms with Gasteiger partial charge in [-0.05, 0) is 18.2 Å². The van der Waals surface area contributed by atoms with Crippen molar-refractivity contribution >= 4 is 23.4 Å². The average molecular weight is 260 g/mol. The van der Waals surface area contributed by atoms with Crippen LogP contribution in [0.2, 0.25) is 5.02 Å². The highest BCUT2D eigenvalue weighted by Crippen LogP contribution is 2.32. The number of hydrogen-bond donors (Lipinski definition) is 1. The van der Waals surface area contributed by atoms with Crippen molar-refractivity contribution in [2.75, 3.05) is 26.8 Å². The van der Waals surface area contributed by atoms with Crippen LogP contribution in [0, 0.1) is 0 Å². The molecule has 1 atom stereocenters. The van der Waals surface area contributed by atoms with Crippen molar-refractivity contribution in [1.82, 2.24) is 5.32 Å². The standard InChI is InChI=1S/C11H14ClNO2S/c1-14-10-3-2-8(6-9(10)12)16-11-7-13-4-5-15-11/h2-3,6,11,13H,4-5,7H2,1H3. The van der Waals surface area contributed by atoms with Crippen molar-refractivity contribution in [3.8, 4) is 5.75 Å². The lowest BCUT2D eigenvalue weighted by Crippen LogP contribution is -2.36. The lowest BCUT2D eigenvalue weighted by atomic mass is 10.3. The summed E-state index contributed by atoms with van der Waals surface area (Å²) in [5.41, 5.74) is 0.165. The molecule has 0 amide bonds. The maximum Gasteiger partial charge on any atom is 0.137 e. The molecule has 0 radical (unpaired) electrons. The first-order chi connectivity index (χ1) is 7.79. The smallest absolute Gasteiger partial charge is 0.137 e. The Hall–Kier alpha value is -0.420. The third-order valence-electron chi connectivity index (χ3n) is 2.28. The molecule has 88 valence electrons. The van der Waals surface area contributed by atoms with E-state index in [9.17, 15) is 0 Å². The fourth-order valence-corrected chi connectivity index (χ4v) is 2.81. The van der Waals surface area contributed by atoms with Crippen molar-refractivity contribution in [1.29, 1.82) is 0 Å². The molecule has 0 aromatic heterocycles. The van der Waals surface area contributed by atoms with E-state index in [1.807, 2.05) is 18.2 Å². The van der Waals surface area contributed by atoms with Gasteiger partial charge in [0.2, 0.25) is 0 Å². The molecule has 1 saturated heterocycles. The fourth-order valence-electron chi connectivity index (χ4n) is 1.49. The predicted molar refractivity (Wildman–Crippen MR) is 66.5 cm³/mol. The van der Waals surface area contributed by atoms with Crippen LogP contribution in [0.5, 0.6) is 5.75 Å². The molecule has 0 bridgehead atoms. The summed E-state index contributed by atoms with van der Waals surface area (Å²) in [6.45, 7) is 2.57. The van der Waals surface area contributed by atoms with Crippen molar-refractivity contribution < 1.29 is 9.47 Å². The Labute approximate surface area is 104 Å². The first kappa shape index (κ1) is 12.0. The Balaban J connectivity index is 2.01. The summed E-state index contributed by atoms with van der Waals surface area (Å²) in [4.78, 5) is 1.10. The molecule has 5 heteroatoms. The van der Waals surface area contributed by atoms with Crippen molar-refractivity contribution in [2.24, 2.45) is 0 Å². The van der Waals surface area contributed by atoms with Crippen LogP contribution in [0.3, 0.4) is 0 Å². The molecule has 1 unspecified atom stereocenters. The minimum absolute atomic E-state index is 0.165. The zero-order valence-electron chi connectivity index (χ0n) is 9.03. The summed E-state index contributed by atoms with van der Waals surface area (Å²) in [6.07, 6.45) is 0. The van der Waals surface area contributed by atoms with Gasteiger partial charge in [-0.3, -0.25) is 0 Å². The molecule has 16 heavy (non-hydrogen) atoms. The molecule has 3 nitrogen and oxygen atoms in total. The van der Waals surface area contributed by atoms with Gasteiger partial charge in [-0.2, -0.15) is 0 Å². The summed E-state index contributed by atoms with van der Waals surface area (Å²) >= 11 is 7.73. The molecule has 1 aliphatic heterocycles. The summed E-state index contributed by atoms with van der Waals surface area (Å²) in [7, 11) is 1.61. The number of nitrogens with one attached hydrogen (secondary N) is 1. The topological polar surface area (TPSA) is 30.5 Å². The molecule has 2 rings (SSSR count). The van der Waals surface area contributed by atoms with Crippen molar-refractivity contribution in [2.45, 2.75) is 10.3 Å². The molecule has 1 aliphatic rings. The number of thioether (sulfide) groups is 1. The minimum atomic E-state index is 0.165. The maximum absolute atomic E-state index is 6.05. The van der Waals surface area contributed by atoms with E-state index < -0.39 is 0 Å². The molecule has 0 spiro atoms. The van der Waals surface area contributed by atoms with E-state index in [0.717, 1.165) is 24.6 Å². The molecule has 1 aromatic carbocycles. The summed E-state index contributed by atoms with van der Waals surface area (Å²) in [5.74, 6) is 0.703.